The summed E-state index contributed by atoms with van der Waals surface area (Å²) in [6.07, 6.45) is 8.46. The Kier molecular flexibility index (Phi) is 10.0. The molecule has 0 bridgehead atoms. The number of unbranched alkanes of at least 4 members (excludes halogenated alkanes) is 6. The van der Waals surface area contributed by atoms with Gasteiger partial charge in [-0.25, -0.2) is 14.0 Å². The molecular formula is C25H37FN2O4. The Balaban J connectivity index is 2.39. The summed E-state index contributed by atoms with van der Waals surface area (Å²) in [6, 6.07) is 5.81. The smallest absolute Gasteiger partial charge is 0.352 e. The Morgan fingerprint density at radius 2 is 1.38 bits per heavy atom. The monoisotopic (exact) mass is 448 g/mol. The number of carbonyl (C=O) groups is 2. The summed E-state index contributed by atoms with van der Waals surface area (Å²) in [7, 11) is 0. The zero-order chi connectivity index (χ0) is 23.6. The molecule has 0 spiro atoms. The van der Waals surface area contributed by atoms with E-state index in [9.17, 15) is 14.0 Å². The fraction of sp³-hybridized carbons (Fsp3) is 0.600. The van der Waals surface area contributed by atoms with Crippen molar-refractivity contribution >= 4 is 17.6 Å². The van der Waals surface area contributed by atoms with E-state index in [0.717, 1.165) is 51.4 Å². The molecule has 178 valence electrons. The molecule has 0 amide bonds. The summed E-state index contributed by atoms with van der Waals surface area (Å²) in [5, 5.41) is 3.18. The van der Waals surface area contributed by atoms with Crippen LogP contribution in [-0.4, -0.2) is 35.7 Å². The number of nitrogens with one attached hydrogen (secondary N) is 1. The molecule has 0 atom stereocenters. The Hall–Kier alpha value is -2.57. The molecule has 1 aromatic carbocycles. The molecule has 0 aromatic heterocycles. The van der Waals surface area contributed by atoms with E-state index < -0.39 is 17.7 Å². The van der Waals surface area contributed by atoms with Gasteiger partial charge in [-0.15, -0.1) is 0 Å². The Morgan fingerprint density at radius 3 is 1.84 bits per heavy atom. The lowest BCUT2D eigenvalue weighted by molar-refractivity contribution is -0.222. The zero-order valence-electron chi connectivity index (χ0n) is 19.8. The Labute approximate surface area is 191 Å². The van der Waals surface area contributed by atoms with Crippen LogP contribution in [0.5, 0.6) is 0 Å². The quantitative estimate of drug-likeness (QED) is 0.179. The zero-order valence-corrected chi connectivity index (χ0v) is 19.8. The van der Waals surface area contributed by atoms with E-state index in [1.54, 1.807) is 12.1 Å². The van der Waals surface area contributed by atoms with Crippen LogP contribution < -0.4 is 5.32 Å². The second kappa shape index (κ2) is 12.5. The molecule has 1 heterocycles. The topological polar surface area (TPSA) is 67.9 Å². The highest BCUT2D eigenvalue weighted by atomic mass is 19.1. The predicted molar refractivity (Wildman–Crippen MR) is 123 cm³/mol. The number of carbonyl (C=O) groups excluding carboxylic acids is 2. The van der Waals surface area contributed by atoms with Crippen LogP contribution in [0.25, 0.3) is 0 Å². The van der Waals surface area contributed by atoms with E-state index >= 15 is 0 Å². The molecule has 1 N–H and O–H groups in total. The summed E-state index contributed by atoms with van der Waals surface area (Å²) in [5.41, 5.74) is 0.422. The third-order valence-corrected chi connectivity index (χ3v) is 5.31. The minimum Gasteiger partial charge on any atom is -0.419 e. The highest BCUT2D eigenvalue weighted by Crippen LogP contribution is 2.27. The molecule has 0 aliphatic carbocycles. The van der Waals surface area contributed by atoms with Gasteiger partial charge in [0.15, 0.2) is 5.57 Å². The van der Waals surface area contributed by atoms with Crippen LogP contribution in [0.1, 0.15) is 79.1 Å². The standard InChI is InChI=1S/C25H37FN2O4/c1-5-7-9-11-17-28(18-12-10-8-6-2)22(27-20-15-13-19(26)14-16-20)21-23(29)31-25(3,4)32-24(21)30/h13-16,27H,5-12,17-18H2,1-4H3. The molecule has 0 radical (unpaired) electrons. The number of ether oxygens (including phenoxy) is 2. The first-order valence-electron chi connectivity index (χ1n) is 11.8. The first-order chi connectivity index (χ1) is 15.3. The fourth-order valence-corrected chi connectivity index (χ4v) is 3.61. The Bertz CT molecular complexity index is 756. The van der Waals surface area contributed by atoms with Gasteiger partial charge in [-0.05, 0) is 37.1 Å². The average molecular weight is 449 g/mol. The van der Waals surface area contributed by atoms with Crippen molar-refractivity contribution < 1.29 is 23.5 Å². The van der Waals surface area contributed by atoms with Gasteiger partial charge in [0.2, 0.25) is 0 Å². The molecule has 6 nitrogen and oxygen atoms in total. The number of cyclic esters (lactones) is 2. The van der Waals surface area contributed by atoms with Gasteiger partial charge in [-0.2, -0.15) is 0 Å². The maximum absolute atomic E-state index is 13.4. The molecule has 1 aliphatic rings. The van der Waals surface area contributed by atoms with Crippen LogP contribution in [0.4, 0.5) is 10.1 Å². The van der Waals surface area contributed by atoms with E-state index in [4.69, 9.17) is 9.47 Å². The first-order valence-corrected chi connectivity index (χ1v) is 11.8. The van der Waals surface area contributed by atoms with Crippen molar-refractivity contribution in [1.29, 1.82) is 0 Å². The van der Waals surface area contributed by atoms with Gasteiger partial charge < -0.3 is 19.7 Å². The van der Waals surface area contributed by atoms with Crippen molar-refractivity contribution in [2.24, 2.45) is 0 Å². The minimum atomic E-state index is -1.31. The number of anilines is 1. The van der Waals surface area contributed by atoms with E-state index in [1.165, 1.54) is 26.0 Å². The normalized spacial score (nSPS) is 15.2. The predicted octanol–water partition coefficient (Wildman–Crippen LogP) is 5.75. The van der Waals surface area contributed by atoms with E-state index in [0.29, 0.717) is 24.6 Å². The maximum atomic E-state index is 13.4. The summed E-state index contributed by atoms with van der Waals surface area (Å²) in [4.78, 5) is 27.7. The van der Waals surface area contributed by atoms with Crippen LogP contribution in [0.2, 0.25) is 0 Å². The second-order valence-corrected chi connectivity index (χ2v) is 8.64. The largest absolute Gasteiger partial charge is 0.419 e. The van der Waals surface area contributed by atoms with Crippen molar-refractivity contribution in [2.45, 2.75) is 84.8 Å². The summed E-state index contributed by atoms with van der Waals surface area (Å²) in [5.74, 6) is -2.76. The highest BCUT2D eigenvalue weighted by Gasteiger charge is 2.42. The molecule has 1 fully saturated rings. The van der Waals surface area contributed by atoms with E-state index in [-0.39, 0.29) is 11.4 Å². The molecule has 32 heavy (non-hydrogen) atoms. The van der Waals surface area contributed by atoms with Crippen LogP contribution in [0.3, 0.4) is 0 Å². The van der Waals surface area contributed by atoms with Gasteiger partial charge in [0.05, 0.1) is 0 Å². The van der Waals surface area contributed by atoms with Crippen molar-refractivity contribution in [3.8, 4) is 0 Å². The molecule has 0 unspecified atom stereocenters. The number of rotatable bonds is 13. The van der Waals surface area contributed by atoms with Crippen LogP contribution in [0, 0.1) is 5.82 Å². The first kappa shape index (κ1) is 25.7. The minimum absolute atomic E-state index is 0.153. The molecule has 1 aliphatic heterocycles. The van der Waals surface area contributed by atoms with Crippen molar-refractivity contribution in [1.82, 2.24) is 4.90 Å². The van der Waals surface area contributed by atoms with Gasteiger partial charge in [-0.1, -0.05) is 52.4 Å². The van der Waals surface area contributed by atoms with E-state index in [1.807, 2.05) is 4.90 Å². The molecule has 0 saturated carbocycles. The number of hydrogen-bond donors (Lipinski definition) is 1. The average Bonchev–Trinajstić information content (AvgIpc) is 2.72. The third-order valence-electron chi connectivity index (χ3n) is 5.31. The van der Waals surface area contributed by atoms with Gasteiger partial charge in [0.25, 0.3) is 5.79 Å². The van der Waals surface area contributed by atoms with Crippen molar-refractivity contribution in [3.63, 3.8) is 0 Å². The number of esters is 2. The summed E-state index contributed by atoms with van der Waals surface area (Å²) >= 11 is 0. The lowest BCUT2D eigenvalue weighted by Gasteiger charge is -2.34. The number of halogens is 1. The van der Waals surface area contributed by atoms with Crippen LogP contribution in [0.15, 0.2) is 35.7 Å². The SMILES string of the molecule is CCCCCCN(CCCCCC)C(Nc1ccc(F)cc1)=C1C(=O)OC(C)(C)OC1=O. The van der Waals surface area contributed by atoms with Gasteiger partial charge >= 0.3 is 11.9 Å². The lowest BCUT2D eigenvalue weighted by Crippen LogP contribution is -2.45. The fourth-order valence-electron chi connectivity index (χ4n) is 3.61. The second-order valence-electron chi connectivity index (χ2n) is 8.64. The van der Waals surface area contributed by atoms with Crippen LogP contribution >= 0.6 is 0 Å². The maximum Gasteiger partial charge on any atom is 0.352 e. The molecule has 2 rings (SSSR count). The number of benzene rings is 1. The molecular weight excluding hydrogens is 411 g/mol. The number of hydrogen-bond acceptors (Lipinski definition) is 6. The Morgan fingerprint density at radius 1 is 0.875 bits per heavy atom. The van der Waals surface area contributed by atoms with Crippen molar-refractivity contribution in [2.75, 3.05) is 18.4 Å². The molecule has 1 saturated heterocycles. The van der Waals surface area contributed by atoms with E-state index in [2.05, 4.69) is 19.2 Å². The lowest BCUT2D eigenvalue weighted by atomic mass is 10.1. The number of nitrogens with zero attached hydrogens (tertiary/aromatic N) is 1. The summed E-state index contributed by atoms with van der Waals surface area (Å²) in [6.45, 7) is 8.73. The van der Waals surface area contributed by atoms with Crippen molar-refractivity contribution in [3.05, 3.63) is 41.5 Å². The molecule has 1 aromatic rings. The highest BCUT2D eigenvalue weighted by molar-refractivity contribution is 6.16. The van der Waals surface area contributed by atoms with Gasteiger partial charge in [0.1, 0.15) is 11.6 Å². The van der Waals surface area contributed by atoms with Gasteiger partial charge in [0, 0.05) is 32.6 Å². The van der Waals surface area contributed by atoms with Gasteiger partial charge in [-0.3, -0.25) is 0 Å². The third kappa shape index (κ3) is 7.84. The van der Waals surface area contributed by atoms with Crippen LogP contribution in [-0.2, 0) is 19.1 Å². The summed E-state index contributed by atoms with van der Waals surface area (Å²) < 4.78 is 24.2. The molecule has 7 heteroatoms.